The molecule has 118 valence electrons. The topological polar surface area (TPSA) is 66.6 Å². The van der Waals surface area contributed by atoms with Crippen molar-refractivity contribution in [2.45, 2.75) is 17.9 Å². The molecule has 1 atom stereocenters. The molecule has 1 aliphatic heterocycles. The molecule has 21 heavy (non-hydrogen) atoms. The molecule has 1 aliphatic rings. The lowest BCUT2D eigenvalue weighted by Crippen LogP contribution is -2.32. The first-order valence-corrected chi connectivity index (χ1v) is 8.79. The first-order valence-electron chi connectivity index (χ1n) is 6.98. The predicted molar refractivity (Wildman–Crippen MR) is 84.8 cm³/mol. The van der Waals surface area contributed by atoms with E-state index in [1.54, 1.807) is 19.2 Å². The molecule has 1 unspecified atom stereocenters. The fraction of sp³-hybridized carbons (Fsp3) is 0.571. The number of sulfonamides is 1. The third-order valence-corrected chi connectivity index (χ3v) is 6.13. The molecule has 1 saturated heterocycles. The summed E-state index contributed by atoms with van der Waals surface area (Å²) < 4.78 is 26.6. The monoisotopic (exact) mass is 331 g/mol. The summed E-state index contributed by atoms with van der Waals surface area (Å²) in [6, 6.07) is 4.73. The smallest absolute Gasteiger partial charge is 0.242 e. The van der Waals surface area contributed by atoms with Crippen LogP contribution in [0.15, 0.2) is 23.1 Å². The van der Waals surface area contributed by atoms with Crippen LogP contribution in [-0.4, -0.2) is 51.4 Å². The second-order valence-electron chi connectivity index (χ2n) is 5.66. The molecule has 0 saturated carbocycles. The summed E-state index contributed by atoms with van der Waals surface area (Å²) in [6.07, 6.45) is 1.03. The van der Waals surface area contributed by atoms with Gasteiger partial charge >= 0.3 is 0 Å². The van der Waals surface area contributed by atoms with Crippen molar-refractivity contribution in [3.8, 4) is 0 Å². The molecule has 0 spiro atoms. The lowest BCUT2D eigenvalue weighted by Gasteiger charge is -2.21. The lowest BCUT2D eigenvalue weighted by atomic mass is 10.1. The fourth-order valence-corrected chi connectivity index (χ4v) is 4.27. The highest BCUT2D eigenvalue weighted by Gasteiger charge is 2.27. The Hall–Kier alpha value is -0.660. The average Bonchev–Trinajstić information content (AvgIpc) is 2.83. The Labute approximate surface area is 131 Å². The van der Waals surface area contributed by atoms with Gasteiger partial charge in [0.15, 0.2) is 0 Å². The normalized spacial score (nSPS) is 20.3. The Balaban J connectivity index is 2.15. The quantitative estimate of drug-likeness (QED) is 0.885. The van der Waals surface area contributed by atoms with Gasteiger partial charge < -0.3 is 10.6 Å². The van der Waals surface area contributed by atoms with Crippen LogP contribution in [0, 0.1) is 5.92 Å². The van der Waals surface area contributed by atoms with Gasteiger partial charge in [0.25, 0.3) is 0 Å². The van der Waals surface area contributed by atoms with Gasteiger partial charge in [0.2, 0.25) is 10.0 Å². The number of likely N-dealkylation sites (tertiary alicyclic amines) is 1. The number of hydrogen-bond donors (Lipinski definition) is 1. The predicted octanol–water partition coefficient (Wildman–Crippen LogP) is 1.37. The van der Waals surface area contributed by atoms with E-state index in [-0.39, 0.29) is 4.90 Å². The number of benzene rings is 1. The summed E-state index contributed by atoms with van der Waals surface area (Å²) in [5.74, 6) is 0.383. The molecule has 2 rings (SSSR count). The average molecular weight is 332 g/mol. The molecule has 1 heterocycles. The molecule has 1 fully saturated rings. The van der Waals surface area contributed by atoms with Crippen molar-refractivity contribution in [3.63, 3.8) is 0 Å². The molecule has 1 aromatic rings. The fourth-order valence-electron chi connectivity index (χ4n) is 2.67. The van der Waals surface area contributed by atoms with Crippen LogP contribution in [0.3, 0.4) is 0 Å². The van der Waals surface area contributed by atoms with Crippen molar-refractivity contribution in [1.29, 1.82) is 0 Å². The van der Waals surface area contributed by atoms with E-state index in [9.17, 15) is 8.42 Å². The zero-order chi connectivity index (χ0) is 15.6. The molecular formula is C14H22ClN3O2S. The van der Waals surface area contributed by atoms with E-state index in [2.05, 4.69) is 11.9 Å². The number of halogens is 1. The van der Waals surface area contributed by atoms with Gasteiger partial charge in [0.1, 0.15) is 0 Å². The molecular weight excluding hydrogens is 310 g/mol. The lowest BCUT2D eigenvalue weighted by molar-refractivity contribution is 0.357. The highest BCUT2D eigenvalue weighted by atomic mass is 35.5. The molecule has 0 radical (unpaired) electrons. The summed E-state index contributed by atoms with van der Waals surface area (Å²) in [7, 11) is 0.177. The summed E-state index contributed by atoms with van der Waals surface area (Å²) in [4.78, 5) is 2.44. The van der Waals surface area contributed by atoms with E-state index in [1.807, 2.05) is 0 Å². The van der Waals surface area contributed by atoms with Crippen molar-refractivity contribution in [2.75, 3.05) is 33.7 Å². The second-order valence-corrected chi connectivity index (χ2v) is 8.11. The molecule has 2 N–H and O–H groups in total. The van der Waals surface area contributed by atoms with E-state index in [0.29, 0.717) is 24.0 Å². The summed E-state index contributed by atoms with van der Waals surface area (Å²) >= 11 is 6.06. The van der Waals surface area contributed by atoms with Gasteiger partial charge in [-0.05, 0) is 43.6 Å². The maximum absolute atomic E-state index is 12.6. The van der Waals surface area contributed by atoms with E-state index in [4.69, 9.17) is 17.3 Å². The molecule has 0 bridgehead atoms. The van der Waals surface area contributed by atoms with Gasteiger partial charge in [-0.3, -0.25) is 0 Å². The minimum Gasteiger partial charge on any atom is -0.326 e. The maximum atomic E-state index is 12.6. The number of hydrogen-bond acceptors (Lipinski definition) is 4. The summed E-state index contributed by atoms with van der Waals surface area (Å²) in [5.41, 5.74) is 6.29. The number of nitrogens with zero attached hydrogens (tertiary/aromatic N) is 2. The van der Waals surface area contributed by atoms with Crippen LogP contribution in [-0.2, 0) is 16.6 Å². The van der Waals surface area contributed by atoms with Crippen molar-refractivity contribution >= 4 is 21.6 Å². The largest absolute Gasteiger partial charge is 0.326 e. The van der Waals surface area contributed by atoms with Crippen LogP contribution in [0.25, 0.3) is 0 Å². The molecule has 0 amide bonds. The van der Waals surface area contributed by atoms with Gasteiger partial charge in [-0.2, -0.15) is 0 Å². The van der Waals surface area contributed by atoms with E-state index < -0.39 is 10.0 Å². The Morgan fingerprint density at radius 2 is 2.19 bits per heavy atom. The van der Waals surface area contributed by atoms with Crippen LogP contribution in [0.1, 0.15) is 12.0 Å². The Morgan fingerprint density at radius 3 is 2.71 bits per heavy atom. The maximum Gasteiger partial charge on any atom is 0.242 e. The van der Waals surface area contributed by atoms with Crippen LogP contribution in [0.2, 0.25) is 5.02 Å². The SMILES string of the molecule is CN1CCC(CN(C)S(=O)(=O)c2ccc(CN)c(Cl)c2)C1. The van der Waals surface area contributed by atoms with Crippen LogP contribution < -0.4 is 5.73 Å². The molecule has 5 nitrogen and oxygen atoms in total. The standard InChI is InChI=1S/C14H22ClN3O2S/c1-17-6-5-11(9-17)10-18(2)21(19,20)13-4-3-12(8-16)14(15)7-13/h3-4,7,11H,5-6,8-10,16H2,1-2H3. The van der Waals surface area contributed by atoms with Gasteiger partial charge in [-0.1, -0.05) is 17.7 Å². The van der Waals surface area contributed by atoms with Crippen molar-refractivity contribution < 1.29 is 8.42 Å². The Bertz CT molecular complexity index is 606. The van der Waals surface area contributed by atoms with Crippen LogP contribution >= 0.6 is 11.6 Å². The molecule has 1 aromatic carbocycles. The molecule has 0 aliphatic carbocycles. The highest BCUT2D eigenvalue weighted by Crippen LogP contribution is 2.24. The number of rotatable bonds is 5. The van der Waals surface area contributed by atoms with Gasteiger partial charge in [0, 0.05) is 31.7 Å². The zero-order valence-electron chi connectivity index (χ0n) is 12.4. The third-order valence-electron chi connectivity index (χ3n) is 3.96. The van der Waals surface area contributed by atoms with Crippen LogP contribution in [0.5, 0.6) is 0 Å². The third kappa shape index (κ3) is 3.76. The number of nitrogens with two attached hydrogens (primary N) is 1. The van der Waals surface area contributed by atoms with Gasteiger partial charge in [-0.25, -0.2) is 12.7 Å². The minimum atomic E-state index is -3.50. The second kappa shape index (κ2) is 6.62. The van der Waals surface area contributed by atoms with Crippen molar-refractivity contribution in [3.05, 3.63) is 28.8 Å². The van der Waals surface area contributed by atoms with Gasteiger partial charge in [0.05, 0.1) is 4.90 Å². The van der Waals surface area contributed by atoms with E-state index in [1.165, 1.54) is 10.4 Å². The summed E-state index contributed by atoms with van der Waals surface area (Å²) in [5, 5.41) is 0.396. The van der Waals surface area contributed by atoms with Gasteiger partial charge in [-0.15, -0.1) is 0 Å². The summed E-state index contributed by atoms with van der Waals surface area (Å²) in [6.45, 7) is 2.79. The first kappa shape index (κ1) is 16.7. The van der Waals surface area contributed by atoms with E-state index >= 15 is 0 Å². The Kier molecular flexibility index (Phi) is 5.27. The minimum absolute atomic E-state index is 0.221. The van der Waals surface area contributed by atoms with Crippen LogP contribution in [0.4, 0.5) is 0 Å². The van der Waals surface area contributed by atoms with Crippen molar-refractivity contribution in [2.24, 2.45) is 11.7 Å². The highest BCUT2D eigenvalue weighted by molar-refractivity contribution is 7.89. The molecule has 7 heteroatoms. The van der Waals surface area contributed by atoms with E-state index in [0.717, 1.165) is 25.1 Å². The Morgan fingerprint density at radius 1 is 1.48 bits per heavy atom. The van der Waals surface area contributed by atoms with Crippen molar-refractivity contribution in [1.82, 2.24) is 9.21 Å². The molecule has 0 aromatic heterocycles. The first-order chi connectivity index (χ1) is 9.84. The zero-order valence-corrected chi connectivity index (χ0v) is 14.0.